The Kier molecular flexibility index (Phi) is 5.36. The second-order valence-corrected chi connectivity index (χ2v) is 6.49. The van der Waals surface area contributed by atoms with Crippen molar-refractivity contribution in [3.05, 3.63) is 58.5 Å². The van der Waals surface area contributed by atoms with Gasteiger partial charge in [-0.1, -0.05) is 11.6 Å². The Labute approximate surface area is 158 Å². The van der Waals surface area contributed by atoms with E-state index in [-0.39, 0.29) is 10.9 Å². The van der Waals surface area contributed by atoms with Gasteiger partial charge in [-0.15, -0.1) is 11.3 Å². The first-order valence-electron chi connectivity index (χ1n) is 7.88. The minimum atomic E-state index is -1.06. The van der Waals surface area contributed by atoms with Gasteiger partial charge >= 0.3 is 0 Å². The number of aryl methyl sites for hydroxylation is 1. The van der Waals surface area contributed by atoms with Gasteiger partial charge in [0.2, 0.25) is 0 Å². The number of carbonyl (C=O) groups is 1. The number of hydrogen-bond acceptors (Lipinski definition) is 5. The number of rotatable bonds is 5. The predicted octanol–water partition coefficient (Wildman–Crippen LogP) is 4.67. The fraction of sp³-hybridized carbons (Fsp3) is 0.158. The molecule has 1 amide bonds. The molecule has 0 aliphatic rings. The molecule has 27 heavy (non-hydrogen) atoms. The molecule has 3 aromatic rings. The minimum absolute atomic E-state index is 0.208. The minimum Gasteiger partial charge on any atom is -0.496 e. The van der Waals surface area contributed by atoms with Gasteiger partial charge < -0.3 is 9.47 Å². The topological polar surface area (TPSA) is 60.5 Å². The van der Waals surface area contributed by atoms with Gasteiger partial charge in [0.25, 0.3) is 5.91 Å². The maximum atomic E-state index is 14.2. The summed E-state index contributed by atoms with van der Waals surface area (Å²) in [5, 5.41) is 4.36. The lowest BCUT2D eigenvalue weighted by Gasteiger charge is -2.08. The van der Waals surface area contributed by atoms with Crippen molar-refractivity contribution in [1.29, 1.82) is 0 Å². The van der Waals surface area contributed by atoms with Crippen LogP contribution in [-0.4, -0.2) is 25.1 Å². The third kappa shape index (κ3) is 3.75. The van der Waals surface area contributed by atoms with Crippen LogP contribution in [0.3, 0.4) is 0 Å². The number of hydrogen-bond donors (Lipinski definition) is 1. The van der Waals surface area contributed by atoms with Crippen LogP contribution in [-0.2, 0) is 0 Å². The van der Waals surface area contributed by atoms with Crippen molar-refractivity contribution >= 4 is 22.4 Å². The predicted molar refractivity (Wildman–Crippen MR) is 99.7 cm³/mol. The summed E-state index contributed by atoms with van der Waals surface area (Å²) in [6.45, 7) is 1.94. The van der Waals surface area contributed by atoms with E-state index in [1.54, 1.807) is 12.5 Å². The highest BCUT2D eigenvalue weighted by atomic mass is 32.1. The highest BCUT2D eigenvalue weighted by molar-refractivity contribution is 7.14. The maximum absolute atomic E-state index is 14.2. The molecule has 0 unspecified atom stereocenters. The van der Waals surface area contributed by atoms with Gasteiger partial charge in [0.05, 0.1) is 19.9 Å². The van der Waals surface area contributed by atoms with Gasteiger partial charge in [0.1, 0.15) is 17.1 Å². The summed E-state index contributed by atoms with van der Waals surface area (Å²) in [7, 11) is 2.79. The molecule has 0 aliphatic heterocycles. The van der Waals surface area contributed by atoms with Crippen LogP contribution in [0.4, 0.5) is 13.9 Å². The SMILES string of the molecule is COc1ccc(C)cc1-c1csc(NC(=O)c2c(F)ccc(OC)c2F)n1. The highest BCUT2D eigenvalue weighted by Crippen LogP contribution is 2.33. The molecule has 0 atom stereocenters. The number of nitrogens with one attached hydrogen (secondary N) is 1. The van der Waals surface area contributed by atoms with Crippen LogP contribution >= 0.6 is 11.3 Å². The monoisotopic (exact) mass is 390 g/mol. The van der Waals surface area contributed by atoms with Crippen molar-refractivity contribution in [2.24, 2.45) is 0 Å². The van der Waals surface area contributed by atoms with E-state index < -0.39 is 23.1 Å². The Morgan fingerprint density at radius 3 is 2.52 bits per heavy atom. The molecular weight excluding hydrogens is 374 g/mol. The fourth-order valence-corrected chi connectivity index (χ4v) is 3.24. The summed E-state index contributed by atoms with van der Waals surface area (Å²) >= 11 is 1.14. The summed E-state index contributed by atoms with van der Waals surface area (Å²) in [6.07, 6.45) is 0. The lowest BCUT2D eigenvalue weighted by atomic mass is 10.1. The second kappa shape index (κ2) is 7.71. The molecule has 0 bridgehead atoms. The van der Waals surface area contributed by atoms with E-state index in [1.165, 1.54) is 7.11 Å². The van der Waals surface area contributed by atoms with Crippen molar-refractivity contribution in [3.8, 4) is 22.8 Å². The Morgan fingerprint density at radius 1 is 1.11 bits per heavy atom. The number of nitrogens with zero attached hydrogens (tertiary/aromatic N) is 1. The van der Waals surface area contributed by atoms with E-state index in [2.05, 4.69) is 10.3 Å². The first kappa shape index (κ1) is 18.8. The van der Waals surface area contributed by atoms with Crippen LogP contribution in [0, 0.1) is 18.6 Å². The summed E-state index contributed by atoms with van der Waals surface area (Å²) in [5.74, 6) is -2.57. The van der Waals surface area contributed by atoms with Gasteiger partial charge in [-0.25, -0.2) is 13.8 Å². The van der Waals surface area contributed by atoms with E-state index in [0.29, 0.717) is 11.4 Å². The van der Waals surface area contributed by atoms with E-state index in [0.717, 1.165) is 34.6 Å². The van der Waals surface area contributed by atoms with Gasteiger partial charge in [-0.05, 0) is 31.2 Å². The van der Waals surface area contributed by atoms with E-state index in [9.17, 15) is 13.6 Å². The zero-order valence-corrected chi connectivity index (χ0v) is 15.6. The number of benzene rings is 2. The average Bonchev–Trinajstić information content (AvgIpc) is 3.10. The van der Waals surface area contributed by atoms with Crippen molar-refractivity contribution in [1.82, 2.24) is 4.98 Å². The first-order valence-corrected chi connectivity index (χ1v) is 8.76. The zero-order chi connectivity index (χ0) is 19.6. The number of carbonyl (C=O) groups excluding carboxylic acids is 1. The third-order valence-electron chi connectivity index (χ3n) is 3.86. The smallest absolute Gasteiger partial charge is 0.263 e. The normalized spacial score (nSPS) is 10.6. The van der Waals surface area contributed by atoms with Crippen LogP contribution in [0.25, 0.3) is 11.3 Å². The first-order chi connectivity index (χ1) is 12.9. The molecule has 0 spiro atoms. The Hall–Kier alpha value is -3.00. The van der Waals surface area contributed by atoms with Crippen LogP contribution in [0.5, 0.6) is 11.5 Å². The number of ether oxygens (including phenoxy) is 2. The fourth-order valence-electron chi connectivity index (χ4n) is 2.54. The molecule has 0 aliphatic carbocycles. The quantitative estimate of drug-likeness (QED) is 0.688. The molecule has 3 rings (SSSR count). The molecule has 1 heterocycles. The third-order valence-corrected chi connectivity index (χ3v) is 4.62. The van der Waals surface area contributed by atoms with E-state index in [4.69, 9.17) is 9.47 Å². The summed E-state index contributed by atoms with van der Waals surface area (Å²) in [5.41, 5.74) is 1.64. The number of halogens is 2. The number of amides is 1. The Balaban J connectivity index is 1.89. The summed E-state index contributed by atoms with van der Waals surface area (Å²) < 4.78 is 38.3. The van der Waals surface area contributed by atoms with Crippen LogP contribution in [0.15, 0.2) is 35.7 Å². The van der Waals surface area contributed by atoms with Gasteiger partial charge in [0.15, 0.2) is 16.7 Å². The lowest BCUT2D eigenvalue weighted by molar-refractivity contribution is 0.101. The van der Waals surface area contributed by atoms with Crippen molar-refractivity contribution in [3.63, 3.8) is 0 Å². The lowest BCUT2D eigenvalue weighted by Crippen LogP contribution is -2.16. The maximum Gasteiger partial charge on any atom is 0.263 e. The van der Waals surface area contributed by atoms with Crippen LogP contribution in [0.1, 0.15) is 15.9 Å². The number of aromatic nitrogens is 1. The summed E-state index contributed by atoms with van der Waals surface area (Å²) in [4.78, 5) is 16.7. The zero-order valence-electron chi connectivity index (χ0n) is 14.8. The van der Waals surface area contributed by atoms with Gasteiger partial charge in [-0.3, -0.25) is 10.1 Å². The van der Waals surface area contributed by atoms with Crippen LogP contribution < -0.4 is 14.8 Å². The number of methoxy groups -OCH3 is 2. The molecule has 2 aromatic carbocycles. The van der Waals surface area contributed by atoms with E-state index >= 15 is 0 Å². The molecule has 0 saturated carbocycles. The molecule has 1 aromatic heterocycles. The van der Waals surface area contributed by atoms with Crippen molar-refractivity contribution in [2.45, 2.75) is 6.92 Å². The molecular formula is C19H16F2N2O3S. The van der Waals surface area contributed by atoms with Crippen molar-refractivity contribution < 1.29 is 23.0 Å². The molecule has 0 radical (unpaired) electrons. The molecule has 0 saturated heterocycles. The highest BCUT2D eigenvalue weighted by Gasteiger charge is 2.22. The summed E-state index contributed by atoms with van der Waals surface area (Å²) in [6, 6.07) is 7.73. The standard InChI is InChI=1S/C19H16F2N2O3S/c1-10-4-6-14(25-2)11(8-10)13-9-27-19(22-13)23-18(24)16-12(20)5-7-15(26-3)17(16)21/h4-9H,1-3H3,(H,22,23,24). The van der Waals surface area contributed by atoms with Crippen molar-refractivity contribution in [2.75, 3.05) is 19.5 Å². The number of anilines is 1. The molecule has 1 N–H and O–H groups in total. The number of thiazole rings is 1. The molecule has 140 valence electrons. The van der Waals surface area contributed by atoms with Crippen LogP contribution in [0.2, 0.25) is 0 Å². The Morgan fingerprint density at radius 2 is 1.81 bits per heavy atom. The largest absolute Gasteiger partial charge is 0.496 e. The van der Waals surface area contributed by atoms with Gasteiger partial charge in [-0.2, -0.15) is 0 Å². The Bertz CT molecular complexity index is 1000. The van der Waals surface area contributed by atoms with E-state index in [1.807, 2.05) is 25.1 Å². The molecule has 8 heteroatoms. The second-order valence-electron chi connectivity index (χ2n) is 5.63. The average molecular weight is 390 g/mol. The molecule has 0 fully saturated rings. The van der Waals surface area contributed by atoms with Gasteiger partial charge in [0, 0.05) is 10.9 Å². The molecule has 5 nitrogen and oxygen atoms in total.